The average molecular weight is 294 g/mol. The largest absolute Gasteiger partial charge is 0.388 e. The molecule has 21 heavy (non-hydrogen) atoms. The number of aryl methyl sites for hydroxylation is 2. The number of hydrogen-bond acceptors (Lipinski definition) is 4. The van der Waals surface area contributed by atoms with Gasteiger partial charge in [-0.2, -0.15) is 0 Å². The van der Waals surface area contributed by atoms with Crippen LogP contribution in [-0.2, 0) is 11.3 Å². The van der Waals surface area contributed by atoms with Crippen LogP contribution in [0.15, 0.2) is 10.9 Å². The maximum Gasteiger partial charge on any atom is 0.263 e. The number of aliphatic hydroxyl groups is 1. The normalized spacial score (nSPS) is 21.6. The SMILES string of the molecule is CCn1c(C)cc(C)c(C(=O)N(C)C2COCC2O)c1=O. The molecule has 0 radical (unpaired) electrons. The van der Waals surface area contributed by atoms with Gasteiger partial charge in [-0.3, -0.25) is 9.59 Å². The van der Waals surface area contributed by atoms with Crippen molar-refractivity contribution in [2.24, 2.45) is 0 Å². The Hall–Kier alpha value is -1.66. The molecule has 2 heterocycles. The average Bonchev–Trinajstić information content (AvgIpc) is 2.83. The molecule has 1 aliphatic heterocycles. The van der Waals surface area contributed by atoms with Gasteiger partial charge in [0, 0.05) is 19.3 Å². The van der Waals surface area contributed by atoms with Gasteiger partial charge in [0.25, 0.3) is 11.5 Å². The van der Waals surface area contributed by atoms with E-state index in [2.05, 4.69) is 0 Å². The van der Waals surface area contributed by atoms with E-state index >= 15 is 0 Å². The molecule has 1 saturated heterocycles. The number of likely N-dealkylation sites (N-methyl/N-ethyl adjacent to an activating group) is 1. The van der Waals surface area contributed by atoms with Crippen LogP contribution < -0.4 is 5.56 Å². The highest BCUT2D eigenvalue weighted by atomic mass is 16.5. The van der Waals surface area contributed by atoms with Gasteiger partial charge in [-0.05, 0) is 32.4 Å². The molecule has 116 valence electrons. The molecular formula is C15H22N2O4. The second-order valence-electron chi connectivity index (χ2n) is 5.48. The molecule has 2 atom stereocenters. The van der Waals surface area contributed by atoms with Crippen molar-refractivity contribution >= 4 is 5.91 Å². The number of aromatic nitrogens is 1. The molecule has 6 heteroatoms. The monoisotopic (exact) mass is 294 g/mol. The molecule has 0 aromatic carbocycles. The lowest BCUT2D eigenvalue weighted by Crippen LogP contribution is -2.46. The first kappa shape index (κ1) is 15.7. The number of carbonyl (C=O) groups excluding carboxylic acids is 1. The van der Waals surface area contributed by atoms with Crippen LogP contribution >= 0.6 is 0 Å². The van der Waals surface area contributed by atoms with Crippen LogP contribution in [-0.4, -0.2) is 52.9 Å². The highest BCUT2D eigenvalue weighted by Gasteiger charge is 2.34. The fraction of sp³-hybridized carbons (Fsp3) is 0.600. The van der Waals surface area contributed by atoms with E-state index in [9.17, 15) is 14.7 Å². The first-order chi connectivity index (χ1) is 9.88. The quantitative estimate of drug-likeness (QED) is 0.871. The van der Waals surface area contributed by atoms with E-state index in [4.69, 9.17) is 4.74 Å². The van der Waals surface area contributed by atoms with Gasteiger partial charge in [0.05, 0.1) is 25.4 Å². The molecule has 0 bridgehead atoms. The van der Waals surface area contributed by atoms with Crippen molar-refractivity contribution < 1.29 is 14.6 Å². The standard InChI is InChI=1S/C15H22N2O4/c1-5-17-10(3)6-9(2)13(15(17)20)14(19)16(4)11-7-21-8-12(11)18/h6,11-12,18H,5,7-8H2,1-4H3. The zero-order valence-corrected chi connectivity index (χ0v) is 12.9. The smallest absolute Gasteiger partial charge is 0.263 e. The molecule has 0 spiro atoms. The zero-order chi connectivity index (χ0) is 15.7. The van der Waals surface area contributed by atoms with Crippen LogP contribution in [0.2, 0.25) is 0 Å². The van der Waals surface area contributed by atoms with Crippen LogP contribution in [0.4, 0.5) is 0 Å². The second kappa shape index (κ2) is 5.99. The van der Waals surface area contributed by atoms with Gasteiger partial charge in [0.1, 0.15) is 5.56 Å². The van der Waals surface area contributed by atoms with Crippen LogP contribution in [0.25, 0.3) is 0 Å². The van der Waals surface area contributed by atoms with Gasteiger partial charge in [0.2, 0.25) is 0 Å². The Labute approximate surface area is 123 Å². The maximum absolute atomic E-state index is 12.6. The molecule has 1 aromatic heterocycles. The van der Waals surface area contributed by atoms with Crippen molar-refractivity contribution in [3.05, 3.63) is 33.2 Å². The van der Waals surface area contributed by atoms with Crippen LogP contribution in [0.1, 0.15) is 28.5 Å². The summed E-state index contributed by atoms with van der Waals surface area (Å²) in [5.41, 5.74) is 1.39. The van der Waals surface area contributed by atoms with Crippen molar-refractivity contribution in [2.75, 3.05) is 20.3 Å². The summed E-state index contributed by atoms with van der Waals surface area (Å²) < 4.78 is 6.75. The van der Waals surface area contributed by atoms with Crippen molar-refractivity contribution in [1.29, 1.82) is 0 Å². The van der Waals surface area contributed by atoms with Crippen molar-refractivity contribution in [1.82, 2.24) is 9.47 Å². The van der Waals surface area contributed by atoms with E-state index in [0.29, 0.717) is 12.1 Å². The second-order valence-corrected chi connectivity index (χ2v) is 5.48. The fourth-order valence-electron chi connectivity index (χ4n) is 2.81. The van der Waals surface area contributed by atoms with Gasteiger partial charge in [-0.25, -0.2) is 0 Å². The summed E-state index contributed by atoms with van der Waals surface area (Å²) in [5, 5.41) is 9.84. The molecule has 0 saturated carbocycles. The topological polar surface area (TPSA) is 71.8 Å². The third kappa shape index (κ3) is 2.73. The van der Waals surface area contributed by atoms with Crippen LogP contribution in [0, 0.1) is 13.8 Å². The molecule has 1 amide bonds. The molecule has 0 aliphatic carbocycles. The van der Waals surface area contributed by atoms with E-state index in [0.717, 1.165) is 5.69 Å². The summed E-state index contributed by atoms with van der Waals surface area (Å²) in [6.07, 6.45) is -0.710. The summed E-state index contributed by atoms with van der Waals surface area (Å²) in [6.45, 7) is 6.51. The fourth-order valence-corrected chi connectivity index (χ4v) is 2.81. The Balaban J connectivity index is 2.42. The summed E-state index contributed by atoms with van der Waals surface area (Å²) in [4.78, 5) is 26.6. The molecule has 1 aliphatic rings. The van der Waals surface area contributed by atoms with E-state index in [1.165, 1.54) is 4.90 Å². The van der Waals surface area contributed by atoms with E-state index in [-0.39, 0.29) is 30.2 Å². The van der Waals surface area contributed by atoms with Crippen molar-refractivity contribution in [2.45, 2.75) is 39.5 Å². The summed E-state index contributed by atoms with van der Waals surface area (Å²) in [7, 11) is 1.60. The van der Waals surface area contributed by atoms with Crippen LogP contribution in [0.3, 0.4) is 0 Å². The third-order valence-corrected chi connectivity index (χ3v) is 4.07. The van der Waals surface area contributed by atoms with Gasteiger partial charge in [0.15, 0.2) is 0 Å². The summed E-state index contributed by atoms with van der Waals surface area (Å²) >= 11 is 0. The predicted octanol–water partition coefficient (Wildman–Crippen LogP) is 0.317. The summed E-state index contributed by atoms with van der Waals surface area (Å²) in [6, 6.07) is 1.43. The number of amides is 1. The Morgan fingerprint density at radius 1 is 1.48 bits per heavy atom. The zero-order valence-electron chi connectivity index (χ0n) is 12.9. The Kier molecular flexibility index (Phi) is 4.49. The van der Waals surface area contributed by atoms with Crippen molar-refractivity contribution in [3.8, 4) is 0 Å². The molecule has 2 unspecified atom stereocenters. The minimum Gasteiger partial charge on any atom is -0.388 e. The number of pyridine rings is 1. The van der Waals surface area contributed by atoms with E-state index in [1.807, 2.05) is 19.9 Å². The first-order valence-electron chi connectivity index (χ1n) is 7.12. The van der Waals surface area contributed by atoms with Gasteiger partial charge in [-0.15, -0.1) is 0 Å². The van der Waals surface area contributed by atoms with Gasteiger partial charge < -0.3 is 19.3 Å². The molecular weight excluding hydrogens is 272 g/mol. The van der Waals surface area contributed by atoms with Crippen LogP contribution in [0.5, 0.6) is 0 Å². The highest BCUT2D eigenvalue weighted by Crippen LogP contribution is 2.16. The van der Waals surface area contributed by atoms with Crippen molar-refractivity contribution in [3.63, 3.8) is 0 Å². The molecule has 1 aromatic rings. The Morgan fingerprint density at radius 3 is 2.67 bits per heavy atom. The molecule has 1 N–H and O–H groups in total. The number of ether oxygens (including phenoxy) is 1. The number of aliphatic hydroxyl groups excluding tert-OH is 1. The minimum atomic E-state index is -0.710. The molecule has 1 fully saturated rings. The lowest BCUT2D eigenvalue weighted by atomic mass is 10.1. The third-order valence-electron chi connectivity index (χ3n) is 4.07. The number of nitrogens with zero attached hydrogens (tertiary/aromatic N) is 2. The number of carbonyl (C=O) groups is 1. The van der Waals surface area contributed by atoms with E-state index in [1.54, 1.807) is 18.5 Å². The first-order valence-corrected chi connectivity index (χ1v) is 7.12. The minimum absolute atomic E-state index is 0.170. The molecule has 2 rings (SSSR count). The number of hydrogen-bond donors (Lipinski definition) is 1. The summed E-state index contributed by atoms with van der Waals surface area (Å²) in [5.74, 6) is -0.366. The lowest BCUT2D eigenvalue weighted by Gasteiger charge is -2.26. The Morgan fingerprint density at radius 2 is 2.14 bits per heavy atom. The molecule has 6 nitrogen and oxygen atoms in total. The lowest BCUT2D eigenvalue weighted by molar-refractivity contribution is 0.0578. The Bertz CT molecular complexity index is 608. The van der Waals surface area contributed by atoms with E-state index < -0.39 is 12.1 Å². The van der Waals surface area contributed by atoms with Gasteiger partial charge >= 0.3 is 0 Å². The van der Waals surface area contributed by atoms with Gasteiger partial charge in [-0.1, -0.05) is 0 Å². The predicted molar refractivity (Wildman–Crippen MR) is 78.6 cm³/mol. The number of rotatable bonds is 3. The maximum atomic E-state index is 12.6. The highest BCUT2D eigenvalue weighted by molar-refractivity contribution is 5.95.